The highest BCUT2D eigenvalue weighted by Crippen LogP contribution is 2.50. The maximum Gasteiger partial charge on any atom is 0.264 e. The summed E-state index contributed by atoms with van der Waals surface area (Å²) in [4.78, 5) is 31.6. The van der Waals surface area contributed by atoms with E-state index >= 15 is 0 Å². The van der Waals surface area contributed by atoms with Gasteiger partial charge in [-0.3, -0.25) is 14.5 Å². The Morgan fingerprint density at radius 3 is 2.25 bits per heavy atom. The molecule has 14 heteroatoms. The highest BCUT2D eigenvalue weighted by molar-refractivity contribution is 6.39. The van der Waals surface area contributed by atoms with Crippen molar-refractivity contribution in [2.75, 3.05) is 13.3 Å². The average molecular weight is 606 g/mol. The molecule has 8 rings (SSSR count). The second-order valence-electron chi connectivity index (χ2n) is 11.8. The third kappa shape index (κ3) is 3.34. The number of benzene rings is 3. The van der Waals surface area contributed by atoms with Gasteiger partial charge in [-0.2, -0.15) is 0 Å². The van der Waals surface area contributed by atoms with Crippen molar-refractivity contribution in [2.45, 2.75) is 50.3 Å². The van der Waals surface area contributed by atoms with Crippen LogP contribution in [0.1, 0.15) is 40.8 Å². The molecule has 7 N–H and O–H groups in total. The van der Waals surface area contributed by atoms with Crippen molar-refractivity contribution in [2.24, 2.45) is 0 Å². The minimum Gasteiger partial charge on any atom is -0.508 e. The van der Waals surface area contributed by atoms with E-state index in [0.717, 1.165) is 0 Å². The summed E-state index contributed by atoms with van der Waals surface area (Å²) in [5.41, 5.74) is 1.45. The molecule has 5 aromatic rings. The second-order valence-corrected chi connectivity index (χ2v) is 11.8. The van der Waals surface area contributed by atoms with E-state index in [1.165, 1.54) is 22.8 Å². The van der Waals surface area contributed by atoms with Gasteiger partial charge < -0.3 is 54.4 Å². The van der Waals surface area contributed by atoms with E-state index in [4.69, 9.17) is 14.2 Å². The predicted octanol–water partition coefficient (Wildman–Crippen LogP) is 1.16. The molecule has 1 fully saturated rings. The third-order valence-corrected chi connectivity index (χ3v) is 8.73. The predicted molar refractivity (Wildman–Crippen MR) is 152 cm³/mol. The summed E-state index contributed by atoms with van der Waals surface area (Å²) < 4.78 is 19.4. The highest BCUT2D eigenvalue weighted by Gasteiger charge is 2.47. The number of aliphatic hydroxyl groups is 5. The molecule has 5 unspecified atom stereocenters. The summed E-state index contributed by atoms with van der Waals surface area (Å²) in [5.74, 6) is -1.74. The molecular weight excluding hydrogens is 578 g/mol. The Morgan fingerprint density at radius 1 is 0.886 bits per heavy atom. The summed E-state index contributed by atoms with van der Waals surface area (Å²) in [5, 5.41) is 64.2. The lowest BCUT2D eigenvalue weighted by molar-refractivity contribution is -0.249. The SMILES string of the molecule is CC1(C)Oc2cc3[nH]c4c(c5c(c6c7cc(O)ccc7n(C7OC(CO)C(O)C(O)C7O)c46)C(=O)N(CO)C5=O)c3cc2O1. The van der Waals surface area contributed by atoms with Crippen LogP contribution in [0.5, 0.6) is 17.2 Å². The number of aliphatic hydroxyl groups excluding tert-OH is 5. The largest absolute Gasteiger partial charge is 0.508 e. The van der Waals surface area contributed by atoms with E-state index in [1.807, 2.05) is 0 Å². The van der Waals surface area contributed by atoms with Crippen molar-refractivity contribution < 1.29 is 54.4 Å². The van der Waals surface area contributed by atoms with Crippen LogP contribution < -0.4 is 9.47 Å². The minimum absolute atomic E-state index is 0.0205. The number of phenolic OH excluding ortho intramolecular Hbond substituents is 1. The van der Waals surface area contributed by atoms with Gasteiger partial charge in [-0.15, -0.1) is 0 Å². The van der Waals surface area contributed by atoms with Gasteiger partial charge in [-0.1, -0.05) is 0 Å². The molecule has 2 amide bonds. The number of rotatable bonds is 3. The van der Waals surface area contributed by atoms with Crippen LogP contribution in [-0.4, -0.2) is 100 Å². The molecule has 3 aliphatic rings. The van der Waals surface area contributed by atoms with Gasteiger partial charge in [0.25, 0.3) is 11.8 Å². The summed E-state index contributed by atoms with van der Waals surface area (Å²) in [6.45, 7) is 1.94. The van der Waals surface area contributed by atoms with Crippen molar-refractivity contribution in [3.05, 3.63) is 41.5 Å². The number of nitrogens with one attached hydrogen (secondary N) is 1. The van der Waals surface area contributed by atoms with Crippen LogP contribution in [0.2, 0.25) is 0 Å². The monoisotopic (exact) mass is 605 g/mol. The molecule has 228 valence electrons. The maximum absolute atomic E-state index is 13.8. The van der Waals surface area contributed by atoms with Crippen LogP contribution in [0.15, 0.2) is 30.3 Å². The second kappa shape index (κ2) is 8.81. The summed E-state index contributed by atoms with van der Waals surface area (Å²) >= 11 is 0. The van der Waals surface area contributed by atoms with Crippen LogP contribution in [0.25, 0.3) is 43.6 Å². The number of imide groups is 1. The van der Waals surface area contributed by atoms with Crippen molar-refractivity contribution in [1.82, 2.24) is 14.5 Å². The smallest absolute Gasteiger partial charge is 0.264 e. The summed E-state index contributed by atoms with van der Waals surface area (Å²) in [7, 11) is 0. The lowest BCUT2D eigenvalue weighted by atomic mass is 9.96. The van der Waals surface area contributed by atoms with Gasteiger partial charge in [0.1, 0.15) is 36.9 Å². The molecular formula is C30H27N3O11. The summed E-state index contributed by atoms with van der Waals surface area (Å²) in [6, 6.07) is 7.70. The van der Waals surface area contributed by atoms with E-state index in [9.17, 15) is 40.2 Å². The van der Waals surface area contributed by atoms with E-state index in [0.29, 0.717) is 49.1 Å². The molecule has 3 aromatic carbocycles. The molecule has 5 atom stereocenters. The fourth-order valence-corrected chi connectivity index (χ4v) is 6.88. The topological polar surface area (TPSA) is 207 Å². The van der Waals surface area contributed by atoms with E-state index in [1.54, 1.807) is 26.0 Å². The number of nitrogens with zero attached hydrogens (tertiary/aromatic N) is 2. The zero-order valence-corrected chi connectivity index (χ0v) is 23.3. The van der Waals surface area contributed by atoms with Crippen LogP contribution in [0.3, 0.4) is 0 Å². The molecule has 0 saturated carbocycles. The zero-order chi connectivity index (χ0) is 31.0. The normalized spacial score (nSPS) is 26.2. The van der Waals surface area contributed by atoms with Crippen LogP contribution in [-0.2, 0) is 4.74 Å². The number of H-pyrrole nitrogens is 1. The number of aromatic nitrogens is 2. The number of aromatic amines is 1. The standard InChI is InChI=1S/C30H27N3O11/c1-30(2)43-15-6-11-13(7-16(15)44-30)31-22-18(11)20-21(28(41)32(9-35)27(20)40)19-12-5-10(36)3-4-14(12)33(23(19)22)29-26(39)25(38)24(37)17(8-34)42-29/h3-7,17,24-26,29,31,34-39H,8-9H2,1-2H3. The quantitative estimate of drug-likeness (QED) is 0.145. The number of ether oxygens (including phenoxy) is 3. The number of fused-ring (bicyclic) bond motifs is 11. The first-order valence-corrected chi connectivity index (χ1v) is 13.9. The first-order chi connectivity index (χ1) is 21.0. The van der Waals surface area contributed by atoms with Crippen molar-refractivity contribution in [3.63, 3.8) is 0 Å². The Labute approximate surface area is 246 Å². The van der Waals surface area contributed by atoms with Crippen LogP contribution >= 0.6 is 0 Å². The van der Waals surface area contributed by atoms with E-state index < -0.39 is 61.6 Å². The van der Waals surface area contributed by atoms with Crippen molar-refractivity contribution in [3.8, 4) is 17.2 Å². The van der Waals surface area contributed by atoms with Gasteiger partial charge in [0.2, 0.25) is 5.79 Å². The van der Waals surface area contributed by atoms with Gasteiger partial charge in [0, 0.05) is 41.5 Å². The first-order valence-electron chi connectivity index (χ1n) is 13.9. The molecule has 0 spiro atoms. The maximum atomic E-state index is 13.8. The number of aromatic hydroxyl groups is 1. The van der Waals surface area contributed by atoms with Gasteiger partial charge in [0.05, 0.1) is 39.8 Å². The van der Waals surface area contributed by atoms with Crippen molar-refractivity contribution in [1.29, 1.82) is 0 Å². The van der Waals surface area contributed by atoms with E-state index in [2.05, 4.69) is 4.98 Å². The van der Waals surface area contributed by atoms with Crippen LogP contribution in [0.4, 0.5) is 0 Å². The fourth-order valence-electron chi connectivity index (χ4n) is 6.88. The van der Waals surface area contributed by atoms with Gasteiger partial charge in [-0.05, 0) is 24.3 Å². The third-order valence-electron chi connectivity index (χ3n) is 8.73. The molecule has 5 heterocycles. The molecule has 1 saturated heterocycles. The first kappa shape index (κ1) is 27.1. The lowest BCUT2D eigenvalue weighted by Gasteiger charge is -2.41. The van der Waals surface area contributed by atoms with Gasteiger partial charge in [-0.25, -0.2) is 0 Å². The molecule has 3 aliphatic heterocycles. The Kier molecular flexibility index (Phi) is 5.44. The fraction of sp³-hybridized carbons (Fsp3) is 0.333. The van der Waals surface area contributed by atoms with Crippen LogP contribution in [0, 0.1) is 0 Å². The van der Waals surface area contributed by atoms with Crippen molar-refractivity contribution >= 4 is 55.4 Å². The molecule has 0 bridgehead atoms. The molecule has 0 aliphatic carbocycles. The Morgan fingerprint density at radius 2 is 1.57 bits per heavy atom. The number of carbonyl (C=O) groups excluding carboxylic acids is 2. The van der Waals surface area contributed by atoms with Gasteiger partial charge in [0.15, 0.2) is 17.7 Å². The molecule has 0 radical (unpaired) electrons. The molecule has 2 aromatic heterocycles. The number of phenols is 1. The van der Waals surface area contributed by atoms with E-state index in [-0.39, 0.29) is 27.8 Å². The Hall–Kier alpha value is -4.44. The number of amides is 2. The summed E-state index contributed by atoms with van der Waals surface area (Å²) in [6.07, 6.45) is -7.68. The Bertz CT molecular complexity index is 2090. The molecule has 14 nitrogen and oxygen atoms in total. The zero-order valence-electron chi connectivity index (χ0n) is 23.3. The highest BCUT2D eigenvalue weighted by atomic mass is 16.7. The minimum atomic E-state index is -1.71. The molecule has 44 heavy (non-hydrogen) atoms. The number of carbonyl (C=O) groups is 2. The number of hydrogen-bond donors (Lipinski definition) is 7. The lowest BCUT2D eigenvalue weighted by Crippen LogP contribution is -2.56. The average Bonchev–Trinajstić information content (AvgIpc) is 3.67. The Balaban J connectivity index is 1.56. The number of hydrogen-bond acceptors (Lipinski definition) is 11. The van der Waals surface area contributed by atoms with Gasteiger partial charge >= 0.3 is 0 Å².